The van der Waals surface area contributed by atoms with E-state index in [9.17, 15) is 0 Å². The molecule has 0 amide bonds. The Balaban J connectivity index is 2.50. The van der Waals surface area contributed by atoms with E-state index < -0.39 is 0 Å². The molecule has 0 N–H and O–H groups in total. The van der Waals surface area contributed by atoms with E-state index >= 15 is 0 Å². The Labute approximate surface area is 83.4 Å². The molecule has 13 heavy (non-hydrogen) atoms. The van der Waals surface area contributed by atoms with Gasteiger partial charge in [-0.3, -0.25) is 0 Å². The van der Waals surface area contributed by atoms with Crippen molar-refractivity contribution >= 4 is 0 Å². The van der Waals surface area contributed by atoms with Gasteiger partial charge in [0, 0.05) is 0 Å². The molecule has 0 radical (unpaired) electrons. The van der Waals surface area contributed by atoms with E-state index in [1.54, 1.807) is 5.57 Å². The highest BCUT2D eigenvalue weighted by Gasteiger charge is 2.26. The average Bonchev–Trinajstić information content (AvgIpc) is 2.54. The van der Waals surface area contributed by atoms with Gasteiger partial charge in [0.1, 0.15) is 0 Å². The van der Waals surface area contributed by atoms with Crippen LogP contribution >= 0.6 is 0 Å². The molecule has 1 aliphatic carbocycles. The normalized spacial score (nSPS) is 21.1. The number of rotatable bonds is 3. The molecule has 0 heteroatoms. The maximum absolute atomic E-state index is 2.39. The van der Waals surface area contributed by atoms with Gasteiger partial charge in [-0.15, -0.1) is 0 Å². The summed E-state index contributed by atoms with van der Waals surface area (Å²) in [7, 11) is 0. The van der Waals surface area contributed by atoms with Gasteiger partial charge in [-0.25, -0.2) is 0 Å². The van der Waals surface area contributed by atoms with Crippen molar-refractivity contribution in [3.63, 3.8) is 0 Å². The Hall–Kier alpha value is -0.260. The van der Waals surface area contributed by atoms with Crippen LogP contribution in [-0.4, -0.2) is 0 Å². The first-order valence-electron chi connectivity index (χ1n) is 5.69. The zero-order chi connectivity index (χ0) is 9.90. The van der Waals surface area contributed by atoms with E-state index in [-0.39, 0.29) is 0 Å². The second kappa shape index (κ2) is 4.30. The third-order valence-electron chi connectivity index (χ3n) is 3.77. The van der Waals surface area contributed by atoms with E-state index in [1.165, 1.54) is 32.1 Å². The van der Waals surface area contributed by atoms with Crippen molar-refractivity contribution in [3.8, 4) is 0 Å². The minimum atomic E-state index is 0.434. The van der Waals surface area contributed by atoms with Crippen molar-refractivity contribution in [2.24, 2.45) is 11.3 Å². The van der Waals surface area contributed by atoms with Crippen LogP contribution in [0.2, 0.25) is 0 Å². The van der Waals surface area contributed by atoms with Gasteiger partial charge in [0.25, 0.3) is 0 Å². The lowest BCUT2D eigenvalue weighted by molar-refractivity contribution is 0.318. The molecule has 1 rings (SSSR count). The van der Waals surface area contributed by atoms with Crippen molar-refractivity contribution in [3.05, 3.63) is 11.6 Å². The first-order valence-corrected chi connectivity index (χ1v) is 5.69. The number of allylic oxidation sites excluding steroid dienone is 2. The van der Waals surface area contributed by atoms with Crippen molar-refractivity contribution in [2.75, 3.05) is 0 Å². The highest BCUT2D eigenvalue weighted by atomic mass is 14.3. The predicted octanol–water partition coefficient (Wildman–Crippen LogP) is 4.56. The average molecular weight is 180 g/mol. The molecule has 1 aliphatic rings. The fourth-order valence-electron chi connectivity index (χ4n) is 2.49. The first-order chi connectivity index (χ1) is 6.06. The fraction of sp³-hybridized carbons (Fsp3) is 0.846. The van der Waals surface area contributed by atoms with Crippen LogP contribution in [0.4, 0.5) is 0 Å². The summed E-state index contributed by atoms with van der Waals surface area (Å²) in [5.74, 6) is 1.00. The molecule has 0 spiro atoms. The van der Waals surface area contributed by atoms with Crippen molar-refractivity contribution < 1.29 is 0 Å². The molecular formula is C13H24. The Bertz CT molecular complexity index is 180. The maximum atomic E-state index is 2.39. The standard InChI is InChI=1S/C13H24/c1-5-11(2)13(3,4)10-12-8-6-7-9-12/h5,12H,6-10H2,1-4H3. The molecule has 0 aromatic heterocycles. The van der Waals surface area contributed by atoms with E-state index in [2.05, 4.69) is 33.8 Å². The quantitative estimate of drug-likeness (QED) is 0.558. The van der Waals surface area contributed by atoms with Crippen LogP contribution in [0.3, 0.4) is 0 Å². The molecule has 0 heterocycles. The second-order valence-electron chi connectivity index (χ2n) is 5.21. The number of hydrogen-bond donors (Lipinski definition) is 0. The van der Waals surface area contributed by atoms with Gasteiger partial charge in [-0.1, -0.05) is 51.2 Å². The SMILES string of the molecule is CC=C(C)C(C)(C)CC1CCCC1. The third kappa shape index (κ3) is 2.86. The van der Waals surface area contributed by atoms with Crippen LogP contribution in [0.15, 0.2) is 11.6 Å². The largest absolute Gasteiger partial charge is 0.0882 e. The monoisotopic (exact) mass is 180 g/mol. The maximum Gasteiger partial charge on any atom is -0.0145 e. The van der Waals surface area contributed by atoms with Gasteiger partial charge < -0.3 is 0 Å². The summed E-state index contributed by atoms with van der Waals surface area (Å²) in [6.07, 6.45) is 9.55. The topological polar surface area (TPSA) is 0 Å². The molecule has 1 fully saturated rings. The summed E-state index contributed by atoms with van der Waals surface area (Å²) in [6.45, 7) is 9.21. The minimum absolute atomic E-state index is 0.434. The Morgan fingerprint density at radius 1 is 1.31 bits per heavy atom. The zero-order valence-corrected chi connectivity index (χ0v) is 9.69. The molecule has 76 valence electrons. The lowest BCUT2D eigenvalue weighted by Gasteiger charge is -2.29. The molecule has 0 bridgehead atoms. The van der Waals surface area contributed by atoms with Crippen LogP contribution in [-0.2, 0) is 0 Å². The summed E-state index contributed by atoms with van der Waals surface area (Å²) in [5, 5.41) is 0. The number of hydrogen-bond acceptors (Lipinski definition) is 0. The molecule has 0 aliphatic heterocycles. The Morgan fingerprint density at radius 2 is 1.85 bits per heavy atom. The van der Waals surface area contributed by atoms with Gasteiger partial charge in [-0.05, 0) is 31.6 Å². The van der Waals surface area contributed by atoms with Gasteiger partial charge in [-0.2, -0.15) is 0 Å². The smallest absolute Gasteiger partial charge is 0.0145 e. The summed E-state index contributed by atoms with van der Waals surface area (Å²) < 4.78 is 0. The van der Waals surface area contributed by atoms with E-state index in [0.717, 1.165) is 5.92 Å². The summed E-state index contributed by atoms with van der Waals surface area (Å²) >= 11 is 0. The van der Waals surface area contributed by atoms with Gasteiger partial charge in [0.15, 0.2) is 0 Å². The first kappa shape index (κ1) is 10.8. The molecule has 1 saturated carbocycles. The van der Waals surface area contributed by atoms with Crippen molar-refractivity contribution in [1.29, 1.82) is 0 Å². The summed E-state index contributed by atoms with van der Waals surface area (Å²) in [6, 6.07) is 0. The van der Waals surface area contributed by atoms with Crippen LogP contribution in [0.5, 0.6) is 0 Å². The second-order valence-corrected chi connectivity index (χ2v) is 5.21. The Morgan fingerprint density at radius 3 is 2.31 bits per heavy atom. The van der Waals surface area contributed by atoms with Crippen LogP contribution < -0.4 is 0 Å². The highest BCUT2D eigenvalue weighted by Crippen LogP contribution is 2.39. The lowest BCUT2D eigenvalue weighted by atomic mass is 9.77. The van der Waals surface area contributed by atoms with Crippen LogP contribution in [0.1, 0.15) is 59.8 Å². The predicted molar refractivity (Wildman–Crippen MR) is 59.8 cm³/mol. The molecule has 0 saturated heterocycles. The third-order valence-corrected chi connectivity index (χ3v) is 3.77. The Kier molecular flexibility index (Phi) is 3.58. The van der Waals surface area contributed by atoms with Gasteiger partial charge >= 0.3 is 0 Å². The summed E-state index contributed by atoms with van der Waals surface area (Å²) in [4.78, 5) is 0. The van der Waals surface area contributed by atoms with E-state index in [4.69, 9.17) is 0 Å². The zero-order valence-electron chi connectivity index (χ0n) is 9.69. The van der Waals surface area contributed by atoms with E-state index in [0.29, 0.717) is 5.41 Å². The van der Waals surface area contributed by atoms with Crippen molar-refractivity contribution in [1.82, 2.24) is 0 Å². The van der Waals surface area contributed by atoms with Gasteiger partial charge in [0.2, 0.25) is 0 Å². The molecule has 0 aromatic carbocycles. The molecular weight excluding hydrogens is 156 g/mol. The van der Waals surface area contributed by atoms with Crippen LogP contribution in [0.25, 0.3) is 0 Å². The molecule has 0 atom stereocenters. The molecule has 0 nitrogen and oxygen atoms in total. The van der Waals surface area contributed by atoms with Gasteiger partial charge in [0.05, 0.1) is 0 Å². The lowest BCUT2D eigenvalue weighted by Crippen LogP contribution is -2.17. The summed E-state index contributed by atoms with van der Waals surface area (Å²) in [5.41, 5.74) is 1.99. The minimum Gasteiger partial charge on any atom is -0.0882 e. The van der Waals surface area contributed by atoms with Crippen LogP contribution in [0, 0.1) is 11.3 Å². The molecule has 0 aromatic rings. The molecule has 0 unspecified atom stereocenters. The highest BCUT2D eigenvalue weighted by molar-refractivity contribution is 5.08. The fourth-order valence-corrected chi connectivity index (χ4v) is 2.49. The van der Waals surface area contributed by atoms with E-state index in [1.807, 2.05) is 0 Å². The van der Waals surface area contributed by atoms with Crippen molar-refractivity contribution in [2.45, 2.75) is 59.8 Å².